The van der Waals surface area contributed by atoms with E-state index in [9.17, 15) is 0 Å². The maximum absolute atomic E-state index is 4.32. The number of rotatable bonds is 6. The zero-order valence-electron chi connectivity index (χ0n) is 10.3. The van der Waals surface area contributed by atoms with Gasteiger partial charge in [-0.05, 0) is 32.2 Å². The molecule has 1 N–H and O–H groups in total. The van der Waals surface area contributed by atoms with E-state index >= 15 is 0 Å². The number of hydrogen-bond acceptors (Lipinski definition) is 3. The molecule has 0 bridgehead atoms. The van der Waals surface area contributed by atoms with Crippen molar-refractivity contribution in [1.29, 1.82) is 0 Å². The molecule has 1 aromatic heterocycles. The molecule has 2 nitrogen and oxygen atoms in total. The van der Waals surface area contributed by atoms with E-state index in [-0.39, 0.29) is 0 Å². The van der Waals surface area contributed by atoms with Crippen LogP contribution in [0.25, 0.3) is 0 Å². The van der Waals surface area contributed by atoms with Gasteiger partial charge < -0.3 is 5.32 Å². The highest BCUT2D eigenvalue weighted by molar-refractivity contribution is 7.11. The predicted molar refractivity (Wildman–Crippen MR) is 67.5 cm³/mol. The van der Waals surface area contributed by atoms with Gasteiger partial charge in [0, 0.05) is 17.6 Å². The Kier molecular flexibility index (Phi) is 4.74. The highest BCUT2D eigenvalue weighted by atomic mass is 32.1. The van der Waals surface area contributed by atoms with Gasteiger partial charge in [-0.1, -0.05) is 20.3 Å². The number of nitrogens with zero attached hydrogens (tertiary/aromatic N) is 1. The van der Waals surface area contributed by atoms with Crippen LogP contribution in [0.5, 0.6) is 0 Å². The monoisotopic (exact) mass is 226 g/mol. The fourth-order valence-electron chi connectivity index (χ4n) is 2.18. The lowest BCUT2D eigenvalue weighted by Gasteiger charge is -2.28. The van der Waals surface area contributed by atoms with Crippen LogP contribution in [-0.4, -0.2) is 18.6 Å². The average molecular weight is 226 g/mol. The van der Waals surface area contributed by atoms with E-state index in [1.54, 1.807) is 0 Å². The molecule has 1 unspecified atom stereocenters. The number of aromatic nitrogens is 1. The second kappa shape index (κ2) is 5.61. The fraction of sp³-hybridized carbons (Fsp3) is 0.750. The molecular weight excluding hydrogens is 204 g/mol. The van der Waals surface area contributed by atoms with E-state index in [1.165, 1.54) is 22.7 Å². The number of nitrogens with one attached hydrogen (secondary N) is 1. The summed E-state index contributed by atoms with van der Waals surface area (Å²) >= 11 is 1.83. The Morgan fingerprint density at radius 2 is 2.27 bits per heavy atom. The van der Waals surface area contributed by atoms with E-state index < -0.39 is 0 Å². The molecule has 0 amide bonds. The van der Waals surface area contributed by atoms with Crippen molar-refractivity contribution in [3.8, 4) is 0 Å². The van der Waals surface area contributed by atoms with Gasteiger partial charge in [0.25, 0.3) is 0 Å². The molecule has 0 radical (unpaired) electrons. The maximum Gasteiger partial charge on any atom is 0.0896 e. The van der Waals surface area contributed by atoms with Gasteiger partial charge in [0.05, 0.1) is 5.01 Å². The summed E-state index contributed by atoms with van der Waals surface area (Å²) < 4.78 is 0. The summed E-state index contributed by atoms with van der Waals surface area (Å²) in [7, 11) is 2.03. The van der Waals surface area contributed by atoms with E-state index in [2.05, 4.69) is 31.1 Å². The standard InChI is InChI=1S/C12H22N2S/c1-5-6-12(3,9-13-4)7-11-8-14-10(2)15-11/h8,13H,5-7,9H2,1-4H3. The molecule has 0 saturated heterocycles. The van der Waals surface area contributed by atoms with Crippen LogP contribution in [0.3, 0.4) is 0 Å². The average Bonchev–Trinajstić information content (AvgIpc) is 2.51. The van der Waals surface area contributed by atoms with Crippen LogP contribution < -0.4 is 5.32 Å². The third-order valence-electron chi connectivity index (χ3n) is 2.73. The Balaban J connectivity index is 2.65. The van der Waals surface area contributed by atoms with Crippen LogP contribution in [0.2, 0.25) is 0 Å². The lowest BCUT2D eigenvalue weighted by Crippen LogP contribution is -2.31. The van der Waals surface area contributed by atoms with Gasteiger partial charge in [0.15, 0.2) is 0 Å². The first-order chi connectivity index (χ1) is 7.09. The quantitative estimate of drug-likeness (QED) is 0.806. The fourth-order valence-corrected chi connectivity index (χ4v) is 3.19. The van der Waals surface area contributed by atoms with E-state index in [0.29, 0.717) is 5.41 Å². The summed E-state index contributed by atoms with van der Waals surface area (Å²) in [5.41, 5.74) is 0.377. The van der Waals surface area contributed by atoms with Crippen LogP contribution in [-0.2, 0) is 6.42 Å². The minimum atomic E-state index is 0.377. The molecule has 86 valence electrons. The Labute approximate surface area is 97.1 Å². The van der Waals surface area contributed by atoms with Crippen LogP contribution >= 0.6 is 11.3 Å². The molecule has 0 spiro atoms. The first kappa shape index (κ1) is 12.7. The largest absolute Gasteiger partial charge is 0.319 e. The topological polar surface area (TPSA) is 24.9 Å². The van der Waals surface area contributed by atoms with Gasteiger partial charge in [0.2, 0.25) is 0 Å². The van der Waals surface area contributed by atoms with Crippen LogP contribution in [0.4, 0.5) is 0 Å². The summed E-state index contributed by atoms with van der Waals surface area (Å²) in [4.78, 5) is 5.73. The number of aryl methyl sites for hydroxylation is 1. The molecule has 0 aromatic carbocycles. The van der Waals surface area contributed by atoms with Crippen molar-refractivity contribution < 1.29 is 0 Å². The third kappa shape index (κ3) is 3.92. The molecule has 0 fully saturated rings. The zero-order valence-corrected chi connectivity index (χ0v) is 11.1. The minimum Gasteiger partial charge on any atom is -0.319 e. The van der Waals surface area contributed by atoms with Crippen molar-refractivity contribution in [2.24, 2.45) is 5.41 Å². The predicted octanol–water partition coefficient (Wildman–Crippen LogP) is 3.02. The molecule has 0 aliphatic rings. The van der Waals surface area contributed by atoms with E-state index in [1.807, 2.05) is 24.6 Å². The lowest BCUT2D eigenvalue weighted by atomic mass is 9.82. The van der Waals surface area contributed by atoms with Crippen molar-refractivity contribution in [3.05, 3.63) is 16.1 Å². The number of thiazole rings is 1. The first-order valence-corrected chi connectivity index (χ1v) is 6.47. The minimum absolute atomic E-state index is 0.377. The first-order valence-electron chi connectivity index (χ1n) is 5.65. The molecule has 1 rings (SSSR count). The second-order valence-electron chi connectivity index (χ2n) is 4.61. The second-order valence-corrected chi connectivity index (χ2v) is 5.93. The van der Waals surface area contributed by atoms with Gasteiger partial charge in [-0.3, -0.25) is 0 Å². The Hall–Kier alpha value is -0.410. The number of hydrogen-bond donors (Lipinski definition) is 1. The van der Waals surface area contributed by atoms with Gasteiger partial charge in [0.1, 0.15) is 0 Å². The third-order valence-corrected chi connectivity index (χ3v) is 3.64. The lowest BCUT2D eigenvalue weighted by molar-refractivity contribution is 0.284. The van der Waals surface area contributed by atoms with Crippen LogP contribution in [0.15, 0.2) is 6.20 Å². The van der Waals surface area contributed by atoms with E-state index in [4.69, 9.17) is 0 Å². The summed E-state index contributed by atoms with van der Waals surface area (Å²) in [6.07, 6.45) is 5.69. The molecule has 1 atom stereocenters. The van der Waals surface area contributed by atoms with Gasteiger partial charge in [-0.15, -0.1) is 11.3 Å². The van der Waals surface area contributed by atoms with E-state index in [0.717, 1.165) is 13.0 Å². The van der Waals surface area contributed by atoms with Crippen molar-refractivity contribution in [3.63, 3.8) is 0 Å². The molecular formula is C12H22N2S. The smallest absolute Gasteiger partial charge is 0.0896 e. The van der Waals surface area contributed by atoms with Crippen molar-refractivity contribution in [2.75, 3.05) is 13.6 Å². The molecule has 0 aliphatic carbocycles. The SMILES string of the molecule is CCCC(C)(CNC)Cc1cnc(C)s1. The van der Waals surface area contributed by atoms with Crippen LogP contribution in [0, 0.1) is 12.3 Å². The van der Waals surface area contributed by atoms with Gasteiger partial charge in [-0.25, -0.2) is 4.98 Å². The highest BCUT2D eigenvalue weighted by Crippen LogP contribution is 2.29. The Morgan fingerprint density at radius 1 is 1.53 bits per heavy atom. The Bertz CT molecular complexity index is 288. The molecule has 1 heterocycles. The van der Waals surface area contributed by atoms with Gasteiger partial charge in [-0.2, -0.15) is 0 Å². The summed E-state index contributed by atoms with van der Waals surface area (Å²) in [6, 6.07) is 0. The van der Waals surface area contributed by atoms with Gasteiger partial charge >= 0.3 is 0 Å². The van der Waals surface area contributed by atoms with Crippen molar-refractivity contribution in [2.45, 2.75) is 40.0 Å². The molecule has 0 aliphatic heterocycles. The zero-order chi connectivity index (χ0) is 11.3. The van der Waals surface area contributed by atoms with Crippen LogP contribution in [0.1, 0.15) is 36.6 Å². The molecule has 15 heavy (non-hydrogen) atoms. The highest BCUT2D eigenvalue weighted by Gasteiger charge is 2.23. The normalized spacial score (nSPS) is 15.2. The van der Waals surface area contributed by atoms with Crippen molar-refractivity contribution in [1.82, 2.24) is 10.3 Å². The summed E-state index contributed by atoms with van der Waals surface area (Å²) in [5, 5.41) is 4.48. The summed E-state index contributed by atoms with van der Waals surface area (Å²) in [5.74, 6) is 0. The summed E-state index contributed by atoms with van der Waals surface area (Å²) in [6.45, 7) is 7.77. The maximum atomic E-state index is 4.32. The Morgan fingerprint density at radius 3 is 2.73 bits per heavy atom. The molecule has 1 aromatic rings. The molecule has 3 heteroatoms. The molecule has 0 saturated carbocycles. The van der Waals surface area contributed by atoms with Crippen molar-refractivity contribution >= 4 is 11.3 Å².